The number of carbonyl (C=O) groups excluding carboxylic acids is 1. The van der Waals surface area contributed by atoms with Gasteiger partial charge in [-0.25, -0.2) is 4.79 Å². The van der Waals surface area contributed by atoms with Crippen molar-refractivity contribution in [3.05, 3.63) is 101 Å². The zero-order valence-electron chi connectivity index (χ0n) is 20.8. The lowest BCUT2D eigenvalue weighted by Crippen LogP contribution is -2.13. The molecular formula is C29H29N3O4S. The van der Waals surface area contributed by atoms with E-state index in [-0.39, 0.29) is 11.5 Å². The summed E-state index contributed by atoms with van der Waals surface area (Å²) in [6.07, 6.45) is 2.79. The fourth-order valence-corrected chi connectivity index (χ4v) is 5.15. The van der Waals surface area contributed by atoms with E-state index in [4.69, 9.17) is 4.74 Å². The maximum absolute atomic E-state index is 12.7. The van der Waals surface area contributed by atoms with Gasteiger partial charge in [-0.2, -0.15) is 0 Å². The van der Waals surface area contributed by atoms with Gasteiger partial charge in [-0.1, -0.05) is 97.9 Å². The molecule has 0 aliphatic heterocycles. The van der Waals surface area contributed by atoms with Crippen LogP contribution in [-0.4, -0.2) is 38.9 Å². The van der Waals surface area contributed by atoms with Gasteiger partial charge in [-0.15, -0.1) is 10.2 Å². The van der Waals surface area contributed by atoms with E-state index in [1.54, 1.807) is 12.1 Å². The second-order valence-corrected chi connectivity index (χ2v) is 9.64. The van der Waals surface area contributed by atoms with Crippen molar-refractivity contribution >= 4 is 23.7 Å². The highest BCUT2D eigenvalue weighted by molar-refractivity contribution is 8.00. The zero-order chi connectivity index (χ0) is 26.2. The number of hydrogen-bond donors (Lipinski definition) is 1. The van der Waals surface area contributed by atoms with Crippen LogP contribution in [0.15, 0.2) is 84.0 Å². The average molecular weight is 516 g/mol. The number of aryl methyl sites for hydroxylation is 1. The van der Waals surface area contributed by atoms with Crippen LogP contribution in [0, 0.1) is 0 Å². The molecule has 4 rings (SSSR count). The monoisotopic (exact) mass is 515 g/mol. The molecule has 1 unspecified atom stereocenters. The van der Waals surface area contributed by atoms with Gasteiger partial charge >= 0.3 is 11.9 Å². The number of aromatic nitrogens is 3. The van der Waals surface area contributed by atoms with E-state index in [9.17, 15) is 14.7 Å². The van der Waals surface area contributed by atoms with E-state index in [1.807, 2.05) is 66.7 Å². The summed E-state index contributed by atoms with van der Waals surface area (Å²) < 4.78 is 7.15. The molecule has 0 radical (unpaired) electrons. The molecule has 0 spiro atoms. The number of methoxy groups -OCH3 is 1. The van der Waals surface area contributed by atoms with E-state index >= 15 is 0 Å². The SMILES string of the molecule is CCCCc1nnc(SC(C(=O)OC)c2ccccc2)n1Cc1ccc(-c2ccccc2C(=O)O)cc1. The number of unbranched alkanes of at least 4 members (excludes halogenated alkanes) is 1. The maximum atomic E-state index is 12.7. The summed E-state index contributed by atoms with van der Waals surface area (Å²) in [7, 11) is 1.39. The number of carboxylic acid groups (broad SMARTS) is 1. The van der Waals surface area contributed by atoms with Gasteiger partial charge in [0.15, 0.2) is 5.16 Å². The lowest BCUT2D eigenvalue weighted by atomic mass is 9.99. The molecule has 7 nitrogen and oxygen atoms in total. The number of aromatic carboxylic acids is 1. The molecule has 0 saturated heterocycles. The highest BCUT2D eigenvalue weighted by atomic mass is 32.2. The van der Waals surface area contributed by atoms with Crippen molar-refractivity contribution in [2.45, 2.75) is 43.1 Å². The number of carbonyl (C=O) groups is 2. The molecule has 0 amide bonds. The summed E-state index contributed by atoms with van der Waals surface area (Å²) >= 11 is 1.33. The van der Waals surface area contributed by atoms with Crippen LogP contribution in [-0.2, 0) is 22.5 Å². The van der Waals surface area contributed by atoms with Gasteiger partial charge in [0.2, 0.25) is 0 Å². The Morgan fingerprint density at radius 3 is 2.35 bits per heavy atom. The van der Waals surface area contributed by atoms with Gasteiger partial charge in [0.25, 0.3) is 0 Å². The predicted molar refractivity (Wildman–Crippen MR) is 144 cm³/mol. The van der Waals surface area contributed by atoms with Crippen molar-refractivity contribution in [3.63, 3.8) is 0 Å². The first-order valence-electron chi connectivity index (χ1n) is 12.1. The molecular weight excluding hydrogens is 486 g/mol. The summed E-state index contributed by atoms with van der Waals surface area (Å²) in [4.78, 5) is 24.3. The highest BCUT2D eigenvalue weighted by Gasteiger charge is 2.26. The number of rotatable bonds is 11. The van der Waals surface area contributed by atoms with E-state index in [1.165, 1.54) is 18.9 Å². The molecule has 0 aliphatic carbocycles. The molecule has 8 heteroatoms. The van der Waals surface area contributed by atoms with Crippen LogP contribution >= 0.6 is 11.8 Å². The second-order valence-electron chi connectivity index (χ2n) is 8.57. The number of nitrogens with zero attached hydrogens (tertiary/aromatic N) is 3. The third-order valence-corrected chi connectivity index (χ3v) is 7.26. The molecule has 1 atom stereocenters. The molecule has 1 N–H and O–H groups in total. The number of carboxylic acids is 1. The molecule has 0 saturated carbocycles. The predicted octanol–water partition coefficient (Wildman–Crippen LogP) is 6.04. The van der Waals surface area contributed by atoms with Crippen LogP contribution in [0.3, 0.4) is 0 Å². The molecule has 1 aromatic heterocycles. The largest absolute Gasteiger partial charge is 0.478 e. The van der Waals surface area contributed by atoms with Crippen molar-refractivity contribution in [2.75, 3.05) is 7.11 Å². The summed E-state index contributed by atoms with van der Waals surface area (Å²) in [6, 6.07) is 24.3. The topological polar surface area (TPSA) is 94.3 Å². The quantitative estimate of drug-likeness (QED) is 0.192. The summed E-state index contributed by atoms with van der Waals surface area (Å²) in [5.74, 6) is -0.436. The summed E-state index contributed by atoms with van der Waals surface area (Å²) in [5.41, 5.74) is 3.63. The third kappa shape index (κ3) is 6.27. The number of hydrogen-bond acceptors (Lipinski definition) is 6. The first kappa shape index (κ1) is 26.2. The zero-order valence-corrected chi connectivity index (χ0v) is 21.6. The van der Waals surface area contributed by atoms with Gasteiger partial charge in [0.1, 0.15) is 11.1 Å². The van der Waals surface area contributed by atoms with Gasteiger partial charge in [0.05, 0.1) is 19.2 Å². The Kier molecular flexibility index (Phi) is 8.74. The molecule has 37 heavy (non-hydrogen) atoms. The van der Waals surface area contributed by atoms with E-state index in [0.717, 1.165) is 41.8 Å². The molecule has 0 bridgehead atoms. The molecule has 4 aromatic rings. The van der Waals surface area contributed by atoms with Crippen molar-refractivity contribution in [3.8, 4) is 11.1 Å². The average Bonchev–Trinajstić information content (AvgIpc) is 3.31. The Morgan fingerprint density at radius 2 is 1.68 bits per heavy atom. The Hall–Kier alpha value is -3.91. The third-order valence-electron chi connectivity index (χ3n) is 6.05. The Bertz CT molecular complexity index is 1350. The van der Waals surface area contributed by atoms with Crippen LogP contribution in [0.2, 0.25) is 0 Å². The van der Waals surface area contributed by atoms with E-state index in [0.29, 0.717) is 17.3 Å². The van der Waals surface area contributed by atoms with Crippen LogP contribution in [0.1, 0.15) is 52.3 Å². The van der Waals surface area contributed by atoms with Crippen molar-refractivity contribution < 1.29 is 19.4 Å². The maximum Gasteiger partial charge on any atom is 0.336 e. The second kappa shape index (κ2) is 12.4. The van der Waals surface area contributed by atoms with Crippen LogP contribution in [0.5, 0.6) is 0 Å². The first-order chi connectivity index (χ1) is 18.0. The first-order valence-corrected chi connectivity index (χ1v) is 13.0. The number of esters is 1. The number of ether oxygens (including phenoxy) is 1. The number of thioether (sulfide) groups is 1. The smallest absolute Gasteiger partial charge is 0.336 e. The lowest BCUT2D eigenvalue weighted by molar-refractivity contribution is -0.140. The van der Waals surface area contributed by atoms with E-state index < -0.39 is 11.2 Å². The van der Waals surface area contributed by atoms with Crippen molar-refractivity contribution in [1.29, 1.82) is 0 Å². The van der Waals surface area contributed by atoms with E-state index in [2.05, 4.69) is 21.7 Å². The Morgan fingerprint density at radius 1 is 0.973 bits per heavy atom. The molecule has 0 aliphatic rings. The summed E-state index contributed by atoms with van der Waals surface area (Å²) in [6.45, 7) is 2.66. The minimum atomic E-state index is -0.954. The van der Waals surface area contributed by atoms with Gasteiger partial charge in [-0.05, 0) is 34.7 Å². The lowest BCUT2D eigenvalue weighted by Gasteiger charge is -2.16. The molecule has 0 fully saturated rings. The Labute approximate surface area is 220 Å². The minimum Gasteiger partial charge on any atom is -0.478 e. The van der Waals surface area contributed by atoms with Crippen LogP contribution in [0.4, 0.5) is 0 Å². The molecule has 3 aromatic carbocycles. The Balaban J connectivity index is 1.64. The normalized spacial score (nSPS) is 11.7. The van der Waals surface area contributed by atoms with Crippen molar-refractivity contribution in [2.24, 2.45) is 0 Å². The number of benzene rings is 3. The van der Waals surface area contributed by atoms with Gasteiger partial charge in [0, 0.05) is 6.42 Å². The standard InChI is InChI=1S/C29H29N3O4S/c1-3-4-14-25-30-31-29(37-26(28(35)36-2)22-10-6-5-7-11-22)32(25)19-20-15-17-21(18-16-20)23-12-8-9-13-24(23)27(33)34/h5-13,15-18,26H,3-4,14,19H2,1-2H3,(H,33,34). The van der Waals surface area contributed by atoms with Gasteiger partial charge in [-0.3, -0.25) is 4.79 Å². The van der Waals surface area contributed by atoms with Crippen LogP contribution < -0.4 is 0 Å². The minimum absolute atomic E-state index is 0.268. The highest BCUT2D eigenvalue weighted by Crippen LogP contribution is 2.36. The summed E-state index contributed by atoms with van der Waals surface area (Å²) in [5, 5.41) is 18.5. The van der Waals surface area contributed by atoms with Crippen molar-refractivity contribution in [1.82, 2.24) is 14.8 Å². The molecule has 190 valence electrons. The fraction of sp³-hybridized carbons (Fsp3) is 0.241. The van der Waals surface area contributed by atoms with Crippen LogP contribution in [0.25, 0.3) is 11.1 Å². The van der Waals surface area contributed by atoms with Gasteiger partial charge < -0.3 is 14.4 Å². The fourth-order valence-electron chi connectivity index (χ4n) is 4.07. The molecule has 1 heterocycles.